The smallest absolute Gasteiger partial charge is 0.136 e. The van der Waals surface area contributed by atoms with Crippen LogP contribution in [0.4, 0.5) is 0 Å². The quantitative estimate of drug-likeness (QED) is 0.849. The number of ether oxygens (including phenoxy) is 1. The Hall–Kier alpha value is -2.32. The van der Waals surface area contributed by atoms with Crippen LogP contribution in [0.5, 0.6) is 5.75 Å². The van der Waals surface area contributed by atoms with Crippen molar-refractivity contribution < 1.29 is 9.84 Å². The van der Waals surface area contributed by atoms with Gasteiger partial charge in [0, 0.05) is 6.42 Å². The Kier molecular flexibility index (Phi) is 3.60. The minimum absolute atomic E-state index is 0.0519. The van der Waals surface area contributed by atoms with Gasteiger partial charge < -0.3 is 14.8 Å². The molecule has 0 unspecified atom stereocenters. The van der Waals surface area contributed by atoms with Crippen molar-refractivity contribution in [2.24, 2.45) is 0 Å². The summed E-state index contributed by atoms with van der Waals surface area (Å²) in [4.78, 5) is 7.17. The summed E-state index contributed by atoms with van der Waals surface area (Å²) in [6, 6.07) is 7.48. The lowest BCUT2D eigenvalue weighted by Crippen LogP contribution is -1.94. The van der Waals surface area contributed by atoms with E-state index in [0.717, 1.165) is 11.4 Å². The van der Waals surface area contributed by atoms with E-state index < -0.39 is 0 Å². The topological polar surface area (TPSA) is 81.9 Å². The van der Waals surface area contributed by atoms with Gasteiger partial charge in [-0.15, -0.1) is 0 Å². The van der Waals surface area contributed by atoms with E-state index >= 15 is 0 Å². The second-order valence-electron chi connectivity index (χ2n) is 3.84. The van der Waals surface area contributed by atoms with Gasteiger partial charge in [0.05, 0.1) is 31.2 Å². The Morgan fingerprint density at radius 1 is 1.50 bits per heavy atom. The molecule has 0 saturated heterocycles. The van der Waals surface area contributed by atoms with E-state index in [9.17, 15) is 0 Å². The van der Waals surface area contributed by atoms with Gasteiger partial charge in [-0.1, -0.05) is 6.07 Å². The lowest BCUT2D eigenvalue weighted by Gasteiger charge is -2.05. The van der Waals surface area contributed by atoms with Crippen LogP contribution in [0, 0.1) is 11.3 Å². The maximum Gasteiger partial charge on any atom is 0.136 e. The molecule has 0 aliphatic carbocycles. The fourth-order valence-electron chi connectivity index (χ4n) is 1.71. The van der Waals surface area contributed by atoms with Gasteiger partial charge in [-0.25, -0.2) is 4.98 Å². The molecule has 1 aromatic heterocycles. The number of aliphatic hydroxyl groups is 1. The van der Waals surface area contributed by atoms with Crippen molar-refractivity contribution >= 4 is 0 Å². The Morgan fingerprint density at radius 2 is 2.33 bits per heavy atom. The molecule has 18 heavy (non-hydrogen) atoms. The second-order valence-corrected chi connectivity index (χ2v) is 3.84. The van der Waals surface area contributed by atoms with Crippen molar-refractivity contribution in [3.63, 3.8) is 0 Å². The van der Waals surface area contributed by atoms with Gasteiger partial charge in [0.2, 0.25) is 0 Å². The van der Waals surface area contributed by atoms with Crippen LogP contribution >= 0.6 is 0 Å². The summed E-state index contributed by atoms with van der Waals surface area (Å²) in [7, 11) is 1.54. The van der Waals surface area contributed by atoms with Crippen LogP contribution in [-0.4, -0.2) is 22.2 Å². The van der Waals surface area contributed by atoms with Gasteiger partial charge in [0.25, 0.3) is 0 Å². The van der Waals surface area contributed by atoms with Crippen LogP contribution in [0.3, 0.4) is 0 Å². The molecule has 0 aliphatic heterocycles. The molecule has 2 rings (SSSR count). The number of rotatable bonds is 4. The summed E-state index contributed by atoms with van der Waals surface area (Å²) in [5, 5.41) is 17.8. The lowest BCUT2D eigenvalue weighted by molar-refractivity contribution is 0.277. The molecule has 92 valence electrons. The molecule has 1 aromatic carbocycles. The van der Waals surface area contributed by atoms with Gasteiger partial charge in [-0.05, 0) is 17.7 Å². The first kappa shape index (κ1) is 12.1. The van der Waals surface area contributed by atoms with Crippen LogP contribution in [0.25, 0.3) is 0 Å². The molecule has 0 saturated carbocycles. The molecule has 0 bridgehead atoms. The van der Waals surface area contributed by atoms with Gasteiger partial charge in [-0.2, -0.15) is 5.26 Å². The van der Waals surface area contributed by atoms with E-state index in [-0.39, 0.29) is 6.61 Å². The number of hydrogen-bond donors (Lipinski definition) is 2. The third kappa shape index (κ3) is 2.50. The van der Waals surface area contributed by atoms with Crippen molar-refractivity contribution in [3.05, 3.63) is 47.0 Å². The zero-order chi connectivity index (χ0) is 13.0. The molecule has 0 aliphatic rings. The van der Waals surface area contributed by atoms with E-state index in [2.05, 4.69) is 16.0 Å². The van der Waals surface area contributed by atoms with Crippen LogP contribution < -0.4 is 4.74 Å². The van der Waals surface area contributed by atoms with Gasteiger partial charge in [-0.3, -0.25) is 0 Å². The average Bonchev–Trinajstić information content (AvgIpc) is 2.86. The fourth-order valence-corrected chi connectivity index (χ4v) is 1.71. The zero-order valence-corrected chi connectivity index (χ0v) is 9.97. The summed E-state index contributed by atoms with van der Waals surface area (Å²) < 4.78 is 5.15. The van der Waals surface area contributed by atoms with Crippen LogP contribution in [0.2, 0.25) is 0 Å². The predicted octanol–water partition coefficient (Wildman–Crippen LogP) is 1.37. The van der Waals surface area contributed by atoms with Crippen molar-refractivity contribution in [1.29, 1.82) is 5.26 Å². The van der Waals surface area contributed by atoms with Crippen molar-refractivity contribution in [2.45, 2.75) is 13.0 Å². The maximum absolute atomic E-state index is 8.94. The predicted molar refractivity (Wildman–Crippen MR) is 65.0 cm³/mol. The SMILES string of the molecule is COc1cc(Cc2ncc(CO)[nH]2)ccc1C#N. The highest BCUT2D eigenvalue weighted by Gasteiger charge is 2.06. The van der Waals surface area contributed by atoms with Crippen LogP contribution in [0.15, 0.2) is 24.4 Å². The highest BCUT2D eigenvalue weighted by atomic mass is 16.5. The van der Waals surface area contributed by atoms with E-state index in [1.807, 2.05) is 12.1 Å². The molecule has 0 radical (unpaired) electrons. The Balaban J connectivity index is 2.22. The highest BCUT2D eigenvalue weighted by molar-refractivity contribution is 5.45. The number of hydrogen-bond acceptors (Lipinski definition) is 4. The first-order valence-electron chi connectivity index (χ1n) is 5.47. The second kappa shape index (κ2) is 5.34. The van der Waals surface area contributed by atoms with E-state index in [1.165, 1.54) is 7.11 Å². The normalized spacial score (nSPS) is 10.1. The minimum atomic E-state index is -0.0519. The first-order chi connectivity index (χ1) is 8.76. The number of nitrogens with zero attached hydrogens (tertiary/aromatic N) is 2. The molecule has 2 N–H and O–H groups in total. The Morgan fingerprint density at radius 3 is 2.94 bits per heavy atom. The molecule has 0 amide bonds. The fraction of sp³-hybridized carbons (Fsp3) is 0.231. The molecule has 5 heteroatoms. The van der Waals surface area contributed by atoms with Crippen molar-refractivity contribution in [1.82, 2.24) is 9.97 Å². The summed E-state index contributed by atoms with van der Waals surface area (Å²) in [6.45, 7) is -0.0519. The van der Waals surface area contributed by atoms with E-state index in [0.29, 0.717) is 23.4 Å². The highest BCUT2D eigenvalue weighted by Crippen LogP contribution is 2.20. The Labute approximate surface area is 105 Å². The largest absolute Gasteiger partial charge is 0.495 e. The van der Waals surface area contributed by atoms with E-state index in [1.54, 1.807) is 12.3 Å². The summed E-state index contributed by atoms with van der Waals surface area (Å²) in [5.41, 5.74) is 2.19. The monoisotopic (exact) mass is 243 g/mol. The minimum Gasteiger partial charge on any atom is -0.495 e. The zero-order valence-electron chi connectivity index (χ0n) is 9.97. The number of aromatic nitrogens is 2. The number of imidazole rings is 1. The third-order valence-corrected chi connectivity index (χ3v) is 2.61. The number of methoxy groups -OCH3 is 1. The molecule has 0 atom stereocenters. The van der Waals surface area contributed by atoms with Gasteiger partial charge >= 0.3 is 0 Å². The molecule has 1 heterocycles. The summed E-state index contributed by atoms with van der Waals surface area (Å²) >= 11 is 0. The number of nitriles is 1. The third-order valence-electron chi connectivity index (χ3n) is 2.61. The van der Waals surface area contributed by atoms with Crippen molar-refractivity contribution in [2.75, 3.05) is 7.11 Å². The summed E-state index contributed by atoms with van der Waals surface area (Å²) in [6.07, 6.45) is 2.21. The van der Waals surface area contributed by atoms with Crippen LogP contribution in [-0.2, 0) is 13.0 Å². The maximum atomic E-state index is 8.94. The number of aliphatic hydroxyl groups excluding tert-OH is 1. The number of nitrogens with one attached hydrogen (secondary N) is 1. The van der Waals surface area contributed by atoms with Crippen molar-refractivity contribution in [3.8, 4) is 11.8 Å². The summed E-state index contributed by atoms with van der Waals surface area (Å²) in [5.74, 6) is 1.33. The van der Waals surface area contributed by atoms with Gasteiger partial charge in [0.1, 0.15) is 17.6 Å². The van der Waals surface area contributed by atoms with Crippen LogP contribution in [0.1, 0.15) is 22.6 Å². The first-order valence-corrected chi connectivity index (χ1v) is 5.47. The molecule has 0 fully saturated rings. The lowest BCUT2D eigenvalue weighted by atomic mass is 10.1. The van der Waals surface area contributed by atoms with E-state index in [4.69, 9.17) is 15.1 Å². The molecule has 0 spiro atoms. The van der Waals surface area contributed by atoms with Gasteiger partial charge in [0.15, 0.2) is 0 Å². The number of aromatic amines is 1. The molecule has 5 nitrogen and oxygen atoms in total. The molecular formula is C13H13N3O2. The molecule has 2 aromatic rings. The number of benzene rings is 1. The number of H-pyrrole nitrogens is 1. The Bertz CT molecular complexity index is 584. The average molecular weight is 243 g/mol. The standard InChI is InChI=1S/C13H13N3O2/c1-18-12-4-9(2-3-10(12)6-14)5-13-15-7-11(8-17)16-13/h2-4,7,17H,5,8H2,1H3,(H,15,16). The molecular weight excluding hydrogens is 230 g/mol.